The van der Waals surface area contributed by atoms with Crippen molar-refractivity contribution in [3.8, 4) is 28.6 Å². The molecule has 0 N–H and O–H groups in total. The number of nitro benzene ring substituents is 1. The monoisotopic (exact) mass is 670 g/mol. The van der Waals surface area contributed by atoms with Gasteiger partial charge in [-0.1, -0.05) is 68.4 Å². The van der Waals surface area contributed by atoms with Gasteiger partial charge in [0, 0.05) is 17.2 Å². The number of nitro groups is 1. The van der Waals surface area contributed by atoms with Crippen LogP contribution in [0.4, 0.5) is 5.69 Å². The minimum absolute atomic E-state index is 0.0124. The Morgan fingerprint density at radius 3 is 2.32 bits per heavy atom. The highest BCUT2D eigenvalue weighted by atomic mass is 16.6. The lowest BCUT2D eigenvalue weighted by atomic mass is 9.96. The number of rotatable bonds is 12. The van der Waals surface area contributed by atoms with E-state index in [-0.39, 0.29) is 41.9 Å². The summed E-state index contributed by atoms with van der Waals surface area (Å²) in [5.41, 5.74) is 3.63. The van der Waals surface area contributed by atoms with E-state index in [1.54, 1.807) is 31.2 Å². The van der Waals surface area contributed by atoms with Crippen molar-refractivity contribution in [3.63, 3.8) is 0 Å². The van der Waals surface area contributed by atoms with Crippen molar-refractivity contribution >= 4 is 33.6 Å². The van der Waals surface area contributed by atoms with E-state index in [4.69, 9.17) is 19.2 Å². The maximum absolute atomic E-state index is 14.0. The van der Waals surface area contributed by atoms with Crippen molar-refractivity contribution in [2.24, 2.45) is 5.10 Å². The van der Waals surface area contributed by atoms with Crippen LogP contribution in [0.1, 0.15) is 55.9 Å². The van der Waals surface area contributed by atoms with Gasteiger partial charge in [-0.05, 0) is 84.5 Å². The van der Waals surface area contributed by atoms with Gasteiger partial charge in [0.1, 0.15) is 12.4 Å². The van der Waals surface area contributed by atoms with E-state index in [0.29, 0.717) is 28.9 Å². The van der Waals surface area contributed by atoms with Crippen molar-refractivity contribution in [2.45, 2.75) is 47.1 Å². The number of fused-ring (bicyclic) bond motifs is 2. The molecule has 0 aliphatic rings. The average molecular weight is 671 g/mol. The fourth-order valence-electron chi connectivity index (χ4n) is 5.99. The Kier molecular flexibility index (Phi) is 9.89. The van der Waals surface area contributed by atoms with Crippen molar-refractivity contribution in [1.82, 2.24) is 9.66 Å². The maximum atomic E-state index is 14.0. The molecule has 0 saturated heterocycles. The largest absolute Gasteiger partial charge is 0.494 e. The topological polar surface area (TPSA) is 118 Å². The highest BCUT2D eigenvalue weighted by Crippen LogP contribution is 2.39. The van der Waals surface area contributed by atoms with Crippen molar-refractivity contribution in [1.29, 1.82) is 0 Å². The fraction of sp³-hybridized carbons (Fsp3) is 0.225. The van der Waals surface area contributed by atoms with Crippen molar-refractivity contribution in [2.75, 3.05) is 13.2 Å². The van der Waals surface area contributed by atoms with E-state index >= 15 is 0 Å². The van der Waals surface area contributed by atoms with Gasteiger partial charge in [-0.3, -0.25) is 14.9 Å². The summed E-state index contributed by atoms with van der Waals surface area (Å²) in [7, 11) is 0. The Labute approximate surface area is 289 Å². The molecule has 0 amide bonds. The first-order valence-corrected chi connectivity index (χ1v) is 16.6. The Balaban J connectivity index is 1.46. The van der Waals surface area contributed by atoms with E-state index in [9.17, 15) is 14.9 Å². The van der Waals surface area contributed by atoms with Crippen LogP contribution in [-0.2, 0) is 6.61 Å². The first kappa shape index (κ1) is 33.9. The Morgan fingerprint density at radius 2 is 1.58 bits per heavy atom. The third-order valence-corrected chi connectivity index (χ3v) is 8.40. The summed E-state index contributed by atoms with van der Waals surface area (Å²) in [6, 6.07) is 27.8. The summed E-state index contributed by atoms with van der Waals surface area (Å²) < 4.78 is 19.2. The van der Waals surface area contributed by atoms with Crippen molar-refractivity contribution < 1.29 is 19.1 Å². The number of aromatic nitrogens is 2. The van der Waals surface area contributed by atoms with Crippen LogP contribution in [0.3, 0.4) is 0 Å². The van der Waals surface area contributed by atoms with Gasteiger partial charge in [-0.15, -0.1) is 0 Å². The second-order valence-corrected chi connectivity index (χ2v) is 12.1. The smallest absolute Gasteiger partial charge is 0.315 e. The Morgan fingerprint density at radius 1 is 0.880 bits per heavy atom. The Bertz CT molecular complexity index is 2310. The van der Waals surface area contributed by atoms with Crippen LogP contribution in [0.15, 0.2) is 101 Å². The van der Waals surface area contributed by atoms with E-state index in [2.05, 4.69) is 18.9 Å². The zero-order valence-corrected chi connectivity index (χ0v) is 28.7. The third kappa shape index (κ3) is 6.78. The van der Waals surface area contributed by atoms with Crippen LogP contribution in [0.25, 0.3) is 33.1 Å². The summed E-state index contributed by atoms with van der Waals surface area (Å²) in [6.45, 7) is 10.7. The van der Waals surface area contributed by atoms with E-state index < -0.39 is 4.92 Å². The molecule has 0 unspecified atom stereocenters. The summed E-state index contributed by atoms with van der Waals surface area (Å²) in [6.07, 6.45) is 1.40. The second-order valence-electron chi connectivity index (χ2n) is 12.1. The minimum atomic E-state index is -0.510. The Hall–Kier alpha value is -6.03. The van der Waals surface area contributed by atoms with Gasteiger partial charge < -0.3 is 14.2 Å². The number of ether oxygens (including phenoxy) is 3. The van der Waals surface area contributed by atoms with Crippen LogP contribution in [-0.4, -0.2) is 34.0 Å². The van der Waals surface area contributed by atoms with Gasteiger partial charge in [-0.25, -0.2) is 4.98 Å². The predicted octanol–water partition coefficient (Wildman–Crippen LogP) is 8.82. The molecule has 0 fully saturated rings. The molecule has 10 heteroatoms. The van der Waals surface area contributed by atoms with Crippen LogP contribution >= 0.6 is 0 Å². The second kappa shape index (κ2) is 14.6. The third-order valence-electron chi connectivity index (χ3n) is 8.40. The summed E-state index contributed by atoms with van der Waals surface area (Å²) >= 11 is 0. The molecule has 0 atom stereocenters. The molecule has 5 aromatic carbocycles. The first-order valence-electron chi connectivity index (χ1n) is 16.6. The van der Waals surface area contributed by atoms with Gasteiger partial charge in [0.25, 0.3) is 5.56 Å². The molecule has 0 aliphatic carbocycles. The molecule has 50 heavy (non-hydrogen) atoms. The van der Waals surface area contributed by atoms with E-state index in [1.165, 1.54) is 17.0 Å². The molecule has 0 saturated carbocycles. The van der Waals surface area contributed by atoms with Crippen LogP contribution in [0.2, 0.25) is 0 Å². The van der Waals surface area contributed by atoms with Crippen LogP contribution in [0.5, 0.6) is 17.2 Å². The lowest BCUT2D eigenvalue weighted by Gasteiger charge is -2.18. The quantitative estimate of drug-likeness (QED) is 0.0725. The highest BCUT2D eigenvalue weighted by molar-refractivity contribution is 5.86. The summed E-state index contributed by atoms with van der Waals surface area (Å²) in [5, 5.41) is 19.4. The van der Waals surface area contributed by atoms with Gasteiger partial charge in [-0.2, -0.15) is 9.78 Å². The molecule has 1 heterocycles. The lowest BCUT2D eigenvalue weighted by Crippen LogP contribution is -2.21. The zero-order chi connectivity index (χ0) is 35.4. The molecule has 0 spiro atoms. The number of para-hydroxylation sites is 1. The fourth-order valence-corrected chi connectivity index (χ4v) is 5.99. The predicted molar refractivity (Wildman–Crippen MR) is 197 cm³/mol. The molecule has 6 aromatic rings. The number of benzene rings is 5. The number of nitrogens with zero attached hydrogens (tertiary/aromatic N) is 4. The molecule has 0 bridgehead atoms. The number of aryl methyl sites for hydroxylation is 1. The molecule has 1 aromatic heterocycles. The molecule has 0 aliphatic heterocycles. The zero-order valence-electron chi connectivity index (χ0n) is 28.7. The molecular formula is C40H38N4O6. The number of hydrogen-bond donors (Lipinski definition) is 0. The highest BCUT2D eigenvalue weighted by Gasteiger charge is 2.24. The summed E-state index contributed by atoms with van der Waals surface area (Å²) in [5.74, 6) is 1.45. The standard InChI is InChI=1S/C40H38N4O6/c1-6-48-36-19-26(5)33(22-32(36)25(3)4)39-42-34-18-11-10-17-31(34)40(45)43(39)41-23-27-20-35(44(46)47)38(37(21-27)49-7-2)50-24-29-15-12-14-28-13-8-9-16-30(28)29/h8-23,25H,6-7,24H2,1-5H3. The molecule has 0 radical (unpaired) electrons. The minimum Gasteiger partial charge on any atom is -0.494 e. The lowest BCUT2D eigenvalue weighted by molar-refractivity contribution is -0.386. The van der Waals surface area contributed by atoms with Crippen LogP contribution in [0, 0.1) is 17.0 Å². The summed E-state index contributed by atoms with van der Waals surface area (Å²) in [4.78, 5) is 30.8. The molecule has 6 rings (SSSR count). The first-order chi connectivity index (χ1) is 24.2. The van der Waals surface area contributed by atoms with Gasteiger partial charge in [0.2, 0.25) is 5.75 Å². The van der Waals surface area contributed by atoms with Crippen LogP contribution < -0.4 is 19.8 Å². The molecule has 254 valence electrons. The van der Waals surface area contributed by atoms with Gasteiger partial charge in [0.15, 0.2) is 11.6 Å². The normalized spacial score (nSPS) is 11.5. The van der Waals surface area contributed by atoms with E-state index in [1.807, 2.05) is 74.5 Å². The van der Waals surface area contributed by atoms with Gasteiger partial charge in [0.05, 0.1) is 35.3 Å². The number of hydrogen-bond acceptors (Lipinski definition) is 8. The van der Waals surface area contributed by atoms with Gasteiger partial charge >= 0.3 is 5.69 Å². The van der Waals surface area contributed by atoms with Crippen molar-refractivity contribution in [3.05, 3.63) is 134 Å². The van der Waals surface area contributed by atoms with E-state index in [0.717, 1.165) is 38.8 Å². The maximum Gasteiger partial charge on any atom is 0.315 e. The average Bonchev–Trinajstić information content (AvgIpc) is 3.10. The molecular weight excluding hydrogens is 632 g/mol. The SMILES string of the molecule is CCOc1cc(C)c(-c2nc3ccccc3c(=O)n2N=Cc2cc(OCC)c(OCc3cccc4ccccc34)c([N+](=O)[O-])c2)cc1C(C)C. The molecule has 10 nitrogen and oxygen atoms in total.